The van der Waals surface area contributed by atoms with E-state index in [2.05, 4.69) is 35.3 Å². The van der Waals surface area contributed by atoms with Crippen LogP contribution in [0.3, 0.4) is 0 Å². The third-order valence-electron chi connectivity index (χ3n) is 5.36. The Balaban J connectivity index is 1.62. The summed E-state index contributed by atoms with van der Waals surface area (Å²) in [5.74, 6) is 1.08. The van der Waals surface area contributed by atoms with Crippen molar-refractivity contribution >= 4 is 19.8 Å². The van der Waals surface area contributed by atoms with Crippen LogP contribution in [0, 0.1) is 6.92 Å². The molecule has 0 saturated carbocycles. The van der Waals surface area contributed by atoms with Crippen molar-refractivity contribution < 1.29 is 9.53 Å². The van der Waals surface area contributed by atoms with Gasteiger partial charge in [-0.15, -0.1) is 0 Å². The second-order valence-corrected chi connectivity index (χ2v) is 8.59. The van der Waals surface area contributed by atoms with E-state index in [4.69, 9.17) is 4.74 Å². The van der Waals surface area contributed by atoms with E-state index < -0.39 is 0 Å². The second-order valence-electron chi connectivity index (χ2n) is 7.21. The van der Waals surface area contributed by atoms with Crippen LogP contribution in [0.1, 0.15) is 18.1 Å². The highest BCUT2D eigenvalue weighted by atomic mass is 31.1. The normalized spacial score (nSPS) is 23.6. The highest BCUT2D eigenvalue weighted by Crippen LogP contribution is 2.47. The number of benzene rings is 1. The zero-order valence-electron chi connectivity index (χ0n) is 16.1. The molecular formula is C21H26N3O2P. The van der Waals surface area contributed by atoms with Crippen molar-refractivity contribution in [3.63, 3.8) is 0 Å². The summed E-state index contributed by atoms with van der Waals surface area (Å²) in [5.41, 5.74) is 4.62. The Hall–Kier alpha value is -2.10. The molecule has 3 aliphatic rings. The fraction of sp³-hybridized carbons (Fsp3) is 0.381. The average Bonchev–Trinajstić information content (AvgIpc) is 2.69. The molecule has 1 fully saturated rings. The first-order valence-electron chi connectivity index (χ1n) is 9.38. The zero-order valence-corrected chi connectivity index (χ0v) is 17.1. The standard InChI is InChI=1S/C21H26N3O2P/c1-14-10-16(4-5-18(14)26-3)19-12-20(25)24-13-17(11-15(2)21(24)27-19)23-8-6-22-7-9-23/h4-5,10-13,21-22,27H,6-9H2,1-3H3. The number of nitrogens with zero attached hydrogens (tertiary/aromatic N) is 2. The van der Waals surface area contributed by atoms with Crippen LogP contribution < -0.4 is 10.1 Å². The lowest BCUT2D eigenvalue weighted by Crippen LogP contribution is -2.45. The van der Waals surface area contributed by atoms with Gasteiger partial charge < -0.3 is 19.9 Å². The molecule has 0 spiro atoms. The van der Waals surface area contributed by atoms with Crippen molar-refractivity contribution in [3.8, 4) is 5.75 Å². The molecule has 27 heavy (non-hydrogen) atoms. The molecule has 0 bridgehead atoms. The van der Waals surface area contributed by atoms with Gasteiger partial charge in [0.15, 0.2) is 0 Å². The van der Waals surface area contributed by atoms with E-state index in [0.717, 1.165) is 54.1 Å². The Kier molecular flexibility index (Phi) is 5.07. The van der Waals surface area contributed by atoms with E-state index in [-0.39, 0.29) is 11.7 Å². The number of carbonyl (C=O) groups is 1. The molecule has 5 nitrogen and oxygen atoms in total. The number of hydrogen-bond acceptors (Lipinski definition) is 4. The molecule has 2 atom stereocenters. The van der Waals surface area contributed by atoms with Gasteiger partial charge in [0.25, 0.3) is 5.91 Å². The summed E-state index contributed by atoms with van der Waals surface area (Å²) in [5, 5.41) is 4.50. The molecule has 1 N–H and O–H groups in total. The van der Waals surface area contributed by atoms with Gasteiger partial charge in [0.2, 0.25) is 0 Å². The van der Waals surface area contributed by atoms with Crippen molar-refractivity contribution in [2.24, 2.45) is 0 Å². The SMILES string of the molecule is COc1ccc(C2=CC(=O)N3C=C(N4CCNCC4)C=C(C)C3P2)cc1C. The van der Waals surface area contributed by atoms with Gasteiger partial charge in [-0.2, -0.15) is 0 Å². The predicted molar refractivity (Wildman–Crippen MR) is 111 cm³/mol. The Labute approximate surface area is 162 Å². The van der Waals surface area contributed by atoms with Crippen molar-refractivity contribution in [3.05, 3.63) is 58.9 Å². The maximum Gasteiger partial charge on any atom is 0.252 e. The number of amides is 1. The Morgan fingerprint density at radius 2 is 1.96 bits per heavy atom. The number of ether oxygens (including phenoxy) is 1. The summed E-state index contributed by atoms with van der Waals surface area (Å²) >= 11 is 0. The third-order valence-corrected chi connectivity index (χ3v) is 7.11. The number of rotatable bonds is 3. The van der Waals surface area contributed by atoms with Crippen molar-refractivity contribution in [2.45, 2.75) is 19.6 Å². The van der Waals surface area contributed by atoms with Crippen LogP contribution in [0.25, 0.3) is 5.31 Å². The number of nitrogens with one attached hydrogen (secondary N) is 1. The minimum atomic E-state index is 0.0716. The van der Waals surface area contributed by atoms with Gasteiger partial charge in [0.1, 0.15) is 5.75 Å². The molecule has 1 amide bonds. The summed E-state index contributed by atoms with van der Waals surface area (Å²) in [6, 6.07) is 6.15. The molecule has 4 rings (SSSR count). The van der Waals surface area contributed by atoms with E-state index in [0.29, 0.717) is 8.58 Å². The summed E-state index contributed by atoms with van der Waals surface area (Å²) in [7, 11) is 2.22. The molecule has 1 aromatic carbocycles. The van der Waals surface area contributed by atoms with Crippen molar-refractivity contribution in [1.82, 2.24) is 15.1 Å². The van der Waals surface area contributed by atoms with Gasteiger partial charge in [-0.1, -0.05) is 14.6 Å². The van der Waals surface area contributed by atoms with Gasteiger partial charge >= 0.3 is 0 Å². The van der Waals surface area contributed by atoms with Crippen LogP contribution in [-0.4, -0.2) is 54.8 Å². The first-order chi connectivity index (χ1) is 13.1. The number of carbonyl (C=O) groups excluding carboxylic acids is 1. The lowest BCUT2D eigenvalue weighted by atomic mass is 10.1. The molecule has 1 saturated heterocycles. The maximum absolute atomic E-state index is 12.9. The lowest BCUT2D eigenvalue weighted by Gasteiger charge is -2.40. The molecule has 0 aromatic heterocycles. The van der Waals surface area contributed by atoms with Crippen LogP contribution in [-0.2, 0) is 4.79 Å². The first-order valence-corrected chi connectivity index (χ1v) is 10.5. The quantitative estimate of drug-likeness (QED) is 0.816. The number of piperazine rings is 1. The smallest absolute Gasteiger partial charge is 0.252 e. The van der Waals surface area contributed by atoms with E-state index in [1.807, 2.05) is 24.1 Å². The number of fused-ring (bicyclic) bond motifs is 1. The highest BCUT2D eigenvalue weighted by Gasteiger charge is 2.32. The molecule has 2 unspecified atom stereocenters. The van der Waals surface area contributed by atoms with Gasteiger partial charge in [-0.25, -0.2) is 0 Å². The molecule has 6 heteroatoms. The van der Waals surface area contributed by atoms with Gasteiger partial charge in [0, 0.05) is 38.5 Å². The molecule has 3 heterocycles. The topological polar surface area (TPSA) is 44.8 Å². The average molecular weight is 383 g/mol. The van der Waals surface area contributed by atoms with Gasteiger partial charge in [0.05, 0.1) is 18.6 Å². The molecule has 0 aliphatic carbocycles. The maximum atomic E-state index is 12.9. The Morgan fingerprint density at radius 3 is 2.67 bits per heavy atom. The second kappa shape index (κ2) is 7.49. The number of hydrogen-bond donors (Lipinski definition) is 1. The van der Waals surface area contributed by atoms with Crippen LogP contribution in [0.2, 0.25) is 0 Å². The molecule has 3 aliphatic heterocycles. The van der Waals surface area contributed by atoms with E-state index >= 15 is 0 Å². The number of methoxy groups -OCH3 is 1. The summed E-state index contributed by atoms with van der Waals surface area (Å²) in [4.78, 5) is 17.2. The largest absolute Gasteiger partial charge is 0.496 e. The molecule has 0 radical (unpaired) electrons. The van der Waals surface area contributed by atoms with Gasteiger partial charge in [-0.3, -0.25) is 4.79 Å². The monoisotopic (exact) mass is 383 g/mol. The predicted octanol–water partition coefficient (Wildman–Crippen LogP) is 2.90. The Bertz CT molecular complexity index is 853. The highest BCUT2D eigenvalue weighted by molar-refractivity contribution is 7.51. The lowest BCUT2D eigenvalue weighted by molar-refractivity contribution is -0.124. The summed E-state index contributed by atoms with van der Waals surface area (Å²) in [6.45, 7) is 8.13. The molecular weight excluding hydrogens is 357 g/mol. The van der Waals surface area contributed by atoms with E-state index in [1.54, 1.807) is 13.2 Å². The van der Waals surface area contributed by atoms with Crippen molar-refractivity contribution in [2.75, 3.05) is 33.3 Å². The fourth-order valence-electron chi connectivity index (χ4n) is 3.86. The first kappa shape index (κ1) is 18.3. The summed E-state index contributed by atoms with van der Waals surface area (Å²) in [6.07, 6.45) is 6.11. The van der Waals surface area contributed by atoms with Crippen LogP contribution in [0.5, 0.6) is 5.75 Å². The van der Waals surface area contributed by atoms with Gasteiger partial charge in [-0.05, 0) is 54.1 Å². The minimum Gasteiger partial charge on any atom is -0.496 e. The molecule has 1 aromatic rings. The van der Waals surface area contributed by atoms with Crippen LogP contribution >= 0.6 is 8.58 Å². The third kappa shape index (κ3) is 3.54. The number of aryl methyl sites for hydroxylation is 1. The number of allylic oxidation sites excluding steroid dienone is 1. The van der Waals surface area contributed by atoms with Crippen molar-refractivity contribution in [1.29, 1.82) is 0 Å². The van der Waals surface area contributed by atoms with E-state index in [9.17, 15) is 4.79 Å². The minimum absolute atomic E-state index is 0.0716. The zero-order chi connectivity index (χ0) is 19.0. The van der Waals surface area contributed by atoms with Crippen LogP contribution in [0.4, 0.5) is 0 Å². The Morgan fingerprint density at radius 1 is 1.19 bits per heavy atom. The fourth-order valence-corrected chi connectivity index (χ4v) is 5.33. The molecule has 142 valence electrons. The van der Waals surface area contributed by atoms with E-state index in [1.165, 1.54) is 5.57 Å². The van der Waals surface area contributed by atoms with Crippen LogP contribution in [0.15, 0.2) is 47.8 Å². The summed E-state index contributed by atoms with van der Waals surface area (Å²) < 4.78 is 5.36.